The van der Waals surface area contributed by atoms with E-state index in [1.165, 1.54) is 6.42 Å². The summed E-state index contributed by atoms with van der Waals surface area (Å²) in [4.78, 5) is 23.3. The third-order valence-corrected chi connectivity index (χ3v) is 4.06. The second kappa shape index (κ2) is 7.82. The maximum atomic E-state index is 12.2. The Morgan fingerprint density at radius 3 is 2.41 bits per heavy atom. The van der Waals surface area contributed by atoms with Crippen molar-refractivity contribution in [2.24, 2.45) is 11.7 Å². The van der Waals surface area contributed by atoms with Crippen molar-refractivity contribution in [3.63, 3.8) is 0 Å². The average molecular weight is 304 g/mol. The summed E-state index contributed by atoms with van der Waals surface area (Å²) in [6.45, 7) is 1.84. The van der Waals surface area contributed by atoms with Crippen molar-refractivity contribution in [2.45, 2.75) is 51.6 Å². The molecule has 0 spiro atoms. The molecule has 0 saturated heterocycles. The molecule has 0 unspecified atom stereocenters. The van der Waals surface area contributed by atoms with Gasteiger partial charge in [-0.3, -0.25) is 9.59 Å². The second-order valence-corrected chi connectivity index (χ2v) is 5.77. The SMILES string of the molecule is CC[C@@H](Oc1ccc(NC(=O)C2CCCCC2)cc1)C(N)=O. The Morgan fingerprint density at radius 2 is 1.86 bits per heavy atom. The van der Waals surface area contributed by atoms with Crippen molar-refractivity contribution in [3.8, 4) is 5.75 Å². The molecule has 5 heteroatoms. The number of nitrogens with one attached hydrogen (secondary N) is 1. The minimum absolute atomic E-state index is 0.0944. The third kappa shape index (κ3) is 4.48. The van der Waals surface area contributed by atoms with E-state index >= 15 is 0 Å². The van der Waals surface area contributed by atoms with Crippen LogP contribution in [-0.2, 0) is 9.59 Å². The summed E-state index contributed by atoms with van der Waals surface area (Å²) >= 11 is 0. The smallest absolute Gasteiger partial charge is 0.258 e. The van der Waals surface area contributed by atoms with Crippen LogP contribution < -0.4 is 15.8 Å². The van der Waals surface area contributed by atoms with Gasteiger partial charge in [0.05, 0.1) is 0 Å². The molecule has 1 aromatic rings. The average Bonchev–Trinajstić information content (AvgIpc) is 2.54. The van der Waals surface area contributed by atoms with Crippen LogP contribution in [0, 0.1) is 5.92 Å². The molecule has 1 aromatic carbocycles. The Morgan fingerprint density at radius 1 is 1.23 bits per heavy atom. The van der Waals surface area contributed by atoms with Gasteiger partial charge in [-0.15, -0.1) is 0 Å². The van der Waals surface area contributed by atoms with Crippen molar-refractivity contribution < 1.29 is 14.3 Å². The van der Waals surface area contributed by atoms with Gasteiger partial charge in [0, 0.05) is 11.6 Å². The van der Waals surface area contributed by atoms with Crippen LogP contribution in [0.2, 0.25) is 0 Å². The first kappa shape index (κ1) is 16.3. The van der Waals surface area contributed by atoms with E-state index in [9.17, 15) is 9.59 Å². The first-order valence-electron chi connectivity index (χ1n) is 7.97. The highest BCUT2D eigenvalue weighted by Gasteiger charge is 2.21. The zero-order valence-electron chi connectivity index (χ0n) is 13.0. The third-order valence-electron chi connectivity index (χ3n) is 4.06. The minimum atomic E-state index is -0.623. The molecule has 0 aromatic heterocycles. The number of rotatable bonds is 6. The topological polar surface area (TPSA) is 81.4 Å². The molecule has 1 aliphatic carbocycles. The largest absolute Gasteiger partial charge is 0.481 e. The maximum absolute atomic E-state index is 12.2. The van der Waals surface area contributed by atoms with E-state index in [2.05, 4.69) is 5.32 Å². The molecule has 3 N–H and O–H groups in total. The molecule has 0 radical (unpaired) electrons. The van der Waals surface area contributed by atoms with E-state index in [4.69, 9.17) is 10.5 Å². The molecule has 0 heterocycles. The molecular weight excluding hydrogens is 280 g/mol. The lowest BCUT2D eigenvalue weighted by atomic mass is 9.88. The van der Waals surface area contributed by atoms with Crippen LogP contribution in [0.4, 0.5) is 5.69 Å². The van der Waals surface area contributed by atoms with Crippen molar-refractivity contribution in [1.29, 1.82) is 0 Å². The minimum Gasteiger partial charge on any atom is -0.481 e. The lowest BCUT2D eigenvalue weighted by Crippen LogP contribution is -2.32. The van der Waals surface area contributed by atoms with Gasteiger partial charge in [-0.25, -0.2) is 0 Å². The van der Waals surface area contributed by atoms with E-state index in [1.807, 2.05) is 6.92 Å². The number of hydrogen-bond acceptors (Lipinski definition) is 3. The quantitative estimate of drug-likeness (QED) is 0.848. The highest BCUT2D eigenvalue weighted by molar-refractivity contribution is 5.92. The number of carbonyl (C=O) groups is 2. The fourth-order valence-electron chi connectivity index (χ4n) is 2.73. The van der Waals surface area contributed by atoms with Crippen molar-refractivity contribution in [3.05, 3.63) is 24.3 Å². The molecule has 120 valence electrons. The van der Waals surface area contributed by atoms with Gasteiger partial charge in [0.25, 0.3) is 5.91 Å². The Labute approximate surface area is 131 Å². The van der Waals surface area contributed by atoms with Crippen LogP contribution in [0.1, 0.15) is 45.4 Å². The van der Waals surface area contributed by atoms with Crippen molar-refractivity contribution in [2.75, 3.05) is 5.32 Å². The standard InChI is InChI=1S/C17H24N2O3/c1-2-15(16(18)20)22-14-10-8-13(9-11-14)19-17(21)12-6-4-3-5-7-12/h8-12,15H,2-7H2,1H3,(H2,18,20)(H,19,21)/t15-/m1/s1. The zero-order chi connectivity index (χ0) is 15.9. The highest BCUT2D eigenvalue weighted by atomic mass is 16.5. The summed E-state index contributed by atoms with van der Waals surface area (Å²) in [7, 11) is 0. The Bertz CT molecular complexity index is 507. The molecule has 1 saturated carbocycles. The van der Waals surface area contributed by atoms with Gasteiger partial charge < -0.3 is 15.8 Å². The van der Waals surface area contributed by atoms with Crippen LogP contribution in [0.25, 0.3) is 0 Å². The Kier molecular flexibility index (Phi) is 5.81. The molecule has 5 nitrogen and oxygen atoms in total. The number of anilines is 1. The van der Waals surface area contributed by atoms with Crippen LogP contribution in [0.15, 0.2) is 24.3 Å². The number of amides is 2. The van der Waals surface area contributed by atoms with Gasteiger partial charge in [0.2, 0.25) is 5.91 Å². The number of benzene rings is 1. The zero-order valence-corrected chi connectivity index (χ0v) is 13.0. The summed E-state index contributed by atoms with van der Waals surface area (Å²) in [5, 5.41) is 2.94. The number of nitrogens with two attached hydrogens (primary N) is 1. The molecule has 0 bridgehead atoms. The van der Waals surface area contributed by atoms with Gasteiger partial charge in [0.1, 0.15) is 5.75 Å². The van der Waals surface area contributed by atoms with Gasteiger partial charge in [-0.05, 0) is 43.5 Å². The van der Waals surface area contributed by atoms with Crippen LogP contribution in [0.5, 0.6) is 5.75 Å². The lowest BCUT2D eigenvalue weighted by Gasteiger charge is -2.21. The van der Waals surface area contributed by atoms with E-state index in [0.29, 0.717) is 12.2 Å². The summed E-state index contributed by atoms with van der Waals surface area (Å²) in [6, 6.07) is 7.04. The number of carbonyl (C=O) groups excluding carboxylic acids is 2. The van der Waals surface area contributed by atoms with Crippen LogP contribution in [-0.4, -0.2) is 17.9 Å². The molecular formula is C17H24N2O3. The first-order chi connectivity index (χ1) is 10.6. The second-order valence-electron chi connectivity index (χ2n) is 5.77. The molecule has 1 fully saturated rings. The van der Waals surface area contributed by atoms with Gasteiger partial charge in [0.15, 0.2) is 6.10 Å². The normalized spacial score (nSPS) is 16.8. The maximum Gasteiger partial charge on any atom is 0.258 e. The lowest BCUT2D eigenvalue weighted by molar-refractivity contribution is -0.124. The predicted molar refractivity (Wildman–Crippen MR) is 85.5 cm³/mol. The van der Waals surface area contributed by atoms with E-state index in [-0.39, 0.29) is 11.8 Å². The van der Waals surface area contributed by atoms with Crippen LogP contribution in [0.3, 0.4) is 0 Å². The predicted octanol–water partition coefficient (Wildman–Crippen LogP) is 2.85. The molecule has 1 atom stereocenters. The molecule has 22 heavy (non-hydrogen) atoms. The van der Waals surface area contributed by atoms with Gasteiger partial charge in [-0.2, -0.15) is 0 Å². The summed E-state index contributed by atoms with van der Waals surface area (Å²) in [5.41, 5.74) is 6.00. The summed E-state index contributed by atoms with van der Waals surface area (Å²) < 4.78 is 5.51. The number of ether oxygens (including phenoxy) is 1. The van der Waals surface area contributed by atoms with Crippen LogP contribution >= 0.6 is 0 Å². The fourth-order valence-corrected chi connectivity index (χ4v) is 2.73. The summed E-state index contributed by atoms with van der Waals surface area (Å²) in [5.74, 6) is 0.319. The molecule has 2 rings (SSSR count). The van der Waals surface area contributed by atoms with Crippen molar-refractivity contribution >= 4 is 17.5 Å². The van der Waals surface area contributed by atoms with Gasteiger partial charge in [-0.1, -0.05) is 26.2 Å². The van der Waals surface area contributed by atoms with E-state index in [1.54, 1.807) is 24.3 Å². The van der Waals surface area contributed by atoms with Crippen molar-refractivity contribution in [1.82, 2.24) is 0 Å². The highest BCUT2D eigenvalue weighted by Crippen LogP contribution is 2.25. The molecule has 0 aliphatic heterocycles. The summed E-state index contributed by atoms with van der Waals surface area (Å²) in [6.07, 6.45) is 5.35. The van der Waals surface area contributed by atoms with E-state index < -0.39 is 12.0 Å². The number of primary amides is 1. The molecule has 1 aliphatic rings. The monoisotopic (exact) mass is 304 g/mol. The van der Waals surface area contributed by atoms with E-state index in [0.717, 1.165) is 31.4 Å². The fraction of sp³-hybridized carbons (Fsp3) is 0.529. The Balaban J connectivity index is 1.91. The van der Waals surface area contributed by atoms with Gasteiger partial charge >= 0.3 is 0 Å². The Hall–Kier alpha value is -2.04. The first-order valence-corrected chi connectivity index (χ1v) is 7.97. The number of hydrogen-bond donors (Lipinski definition) is 2. The molecule has 2 amide bonds.